The van der Waals surface area contributed by atoms with Crippen LogP contribution in [-0.2, 0) is 4.79 Å². The molecule has 0 spiro atoms. The lowest BCUT2D eigenvalue weighted by molar-refractivity contribution is -0.120. The normalized spacial score (nSPS) is 28.9. The summed E-state index contributed by atoms with van der Waals surface area (Å²) in [5, 5.41) is 6.49. The molecule has 37 heavy (non-hydrogen) atoms. The maximum absolute atomic E-state index is 13.2. The van der Waals surface area contributed by atoms with Crippen LogP contribution in [0.15, 0.2) is 42.5 Å². The number of aromatic nitrogens is 2. The van der Waals surface area contributed by atoms with Crippen molar-refractivity contribution in [1.29, 1.82) is 0 Å². The maximum Gasteiger partial charge on any atom is 0.251 e. The highest BCUT2D eigenvalue weighted by atomic mass is 16.2. The fraction of sp³-hybridized carbons (Fsp3) is 0.516. The molecule has 1 heterocycles. The van der Waals surface area contributed by atoms with E-state index < -0.39 is 0 Å². The second-order valence-electron chi connectivity index (χ2n) is 12.1. The van der Waals surface area contributed by atoms with Crippen LogP contribution in [0.2, 0.25) is 0 Å². The second-order valence-corrected chi connectivity index (χ2v) is 12.1. The first kappa shape index (κ1) is 23.0. The Balaban J connectivity index is 1.03. The molecule has 0 saturated heterocycles. The van der Waals surface area contributed by atoms with Gasteiger partial charge in [-0.2, -0.15) is 0 Å². The number of aromatic amines is 1. The lowest BCUT2D eigenvalue weighted by Gasteiger charge is -2.54. The third kappa shape index (κ3) is 4.45. The molecular weight excluding hydrogens is 460 g/mol. The topological polar surface area (TPSA) is 86.9 Å². The number of anilines is 1. The van der Waals surface area contributed by atoms with Crippen LogP contribution >= 0.6 is 0 Å². The van der Waals surface area contributed by atoms with Gasteiger partial charge in [0.15, 0.2) is 0 Å². The molecule has 3 N–H and O–H groups in total. The van der Waals surface area contributed by atoms with Crippen molar-refractivity contribution in [2.24, 2.45) is 29.6 Å². The van der Waals surface area contributed by atoms with Crippen LogP contribution in [0.25, 0.3) is 22.4 Å². The van der Waals surface area contributed by atoms with Crippen molar-refractivity contribution >= 4 is 28.5 Å². The number of H-pyrrole nitrogens is 1. The molecule has 5 fully saturated rings. The van der Waals surface area contributed by atoms with E-state index >= 15 is 0 Å². The molecule has 2 aromatic carbocycles. The van der Waals surface area contributed by atoms with Gasteiger partial charge in [0.25, 0.3) is 5.91 Å². The number of hydrogen-bond donors (Lipinski definition) is 3. The zero-order valence-corrected chi connectivity index (χ0v) is 21.3. The molecule has 6 nitrogen and oxygen atoms in total. The SMILES string of the molecule is O=C(NC1C2C[C@H]3C[C@@H](C2)C[C@@H]1C3)c1ccc2[nH]c(-c3ccc(NC(=O)C4CCCCC4)cc3)nc2c1. The first-order valence-corrected chi connectivity index (χ1v) is 14.3. The summed E-state index contributed by atoms with van der Waals surface area (Å²) >= 11 is 0. The van der Waals surface area contributed by atoms with Crippen LogP contribution in [0.4, 0.5) is 5.69 Å². The summed E-state index contributed by atoms with van der Waals surface area (Å²) in [6, 6.07) is 13.9. The van der Waals surface area contributed by atoms with Gasteiger partial charge in [-0.3, -0.25) is 9.59 Å². The van der Waals surface area contributed by atoms with Gasteiger partial charge < -0.3 is 15.6 Å². The standard InChI is InChI=1S/C31H36N4O2/c36-30(21-4-2-1-3-5-21)32-25-9-6-20(7-10-25)29-33-26-11-8-22(17-27(26)34-29)31(37)35-28-23-13-18-12-19(15-23)16-24(28)14-18/h6-11,17-19,21,23-24,28H,1-5,12-16H2,(H,32,36)(H,33,34)(H,35,37)/t18-,19+,23-,24?,28?. The van der Waals surface area contributed by atoms with Gasteiger partial charge in [0.2, 0.25) is 5.91 Å². The van der Waals surface area contributed by atoms with Crippen molar-refractivity contribution in [2.45, 2.75) is 70.3 Å². The number of carbonyl (C=O) groups is 2. The minimum absolute atomic E-state index is 0.0296. The second kappa shape index (κ2) is 9.30. The summed E-state index contributed by atoms with van der Waals surface area (Å²) in [7, 11) is 0. The molecule has 0 unspecified atom stereocenters. The van der Waals surface area contributed by atoms with Crippen LogP contribution in [0.3, 0.4) is 0 Å². The zero-order valence-electron chi connectivity index (χ0n) is 21.3. The van der Waals surface area contributed by atoms with Crippen molar-refractivity contribution in [3.8, 4) is 11.4 Å². The van der Waals surface area contributed by atoms with Gasteiger partial charge in [-0.15, -0.1) is 0 Å². The Morgan fingerprint density at radius 2 is 1.54 bits per heavy atom. The number of nitrogens with zero attached hydrogens (tertiary/aromatic N) is 1. The van der Waals surface area contributed by atoms with E-state index in [9.17, 15) is 9.59 Å². The number of fused-ring (bicyclic) bond motifs is 1. The largest absolute Gasteiger partial charge is 0.349 e. The summed E-state index contributed by atoms with van der Waals surface area (Å²) in [5.74, 6) is 4.19. The maximum atomic E-state index is 13.2. The summed E-state index contributed by atoms with van der Waals surface area (Å²) in [6.07, 6.45) is 12.1. The molecule has 4 bridgehead atoms. The summed E-state index contributed by atoms with van der Waals surface area (Å²) in [5.41, 5.74) is 4.16. The number of rotatable bonds is 5. The van der Waals surface area contributed by atoms with Crippen LogP contribution < -0.4 is 10.6 Å². The van der Waals surface area contributed by atoms with E-state index in [4.69, 9.17) is 4.98 Å². The monoisotopic (exact) mass is 496 g/mol. The molecule has 5 aliphatic carbocycles. The number of hydrogen-bond acceptors (Lipinski definition) is 3. The van der Waals surface area contributed by atoms with Crippen LogP contribution in [0, 0.1) is 29.6 Å². The Labute approximate surface area is 218 Å². The molecule has 1 aromatic heterocycles. The van der Waals surface area contributed by atoms with Gasteiger partial charge >= 0.3 is 0 Å². The number of imidazole rings is 1. The molecule has 5 saturated carbocycles. The molecule has 8 rings (SSSR count). The van der Waals surface area contributed by atoms with Gasteiger partial charge in [0.1, 0.15) is 5.82 Å². The van der Waals surface area contributed by atoms with Crippen LogP contribution in [0.1, 0.15) is 74.6 Å². The number of nitrogens with one attached hydrogen (secondary N) is 3. The van der Waals surface area contributed by atoms with Gasteiger partial charge in [-0.05, 0) is 111 Å². The molecule has 0 atom stereocenters. The van der Waals surface area contributed by atoms with Gasteiger partial charge in [0, 0.05) is 28.8 Å². The molecule has 5 aliphatic rings. The molecule has 2 amide bonds. The predicted octanol–water partition coefficient (Wildman–Crippen LogP) is 6.30. The Hall–Kier alpha value is -3.15. The first-order chi connectivity index (χ1) is 18.1. The molecule has 192 valence electrons. The minimum Gasteiger partial charge on any atom is -0.349 e. The van der Waals surface area contributed by atoms with E-state index in [2.05, 4.69) is 15.6 Å². The van der Waals surface area contributed by atoms with Crippen molar-refractivity contribution in [3.63, 3.8) is 0 Å². The Kier molecular flexibility index (Phi) is 5.78. The Morgan fingerprint density at radius 1 is 0.838 bits per heavy atom. The minimum atomic E-state index is 0.0296. The highest BCUT2D eigenvalue weighted by molar-refractivity contribution is 5.98. The lowest BCUT2D eigenvalue weighted by Crippen LogP contribution is -2.55. The van der Waals surface area contributed by atoms with Crippen LogP contribution in [-0.4, -0.2) is 27.8 Å². The van der Waals surface area contributed by atoms with Gasteiger partial charge in [-0.25, -0.2) is 4.98 Å². The average molecular weight is 497 g/mol. The number of benzene rings is 2. The quantitative estimate of drug-likeness (QED) is 0.387. The molecule has 3 aromatic rings. The first-order valence-electron chi connectivity index (χ1n) is 14.3. The van der Waals surface area contributed by atoms with E-state index in [1.54, 1.807) is 0 Å². The van der Waals surface area contributed by atoms with Crippen molar-refractivity contribution < 1.29 is 9.59 Å². The fourth-order valence-corrected chi connectivity index (χ4v) is 8.00. The summed E-state index contributed by atoms with van der Waals surface area (Å²) in [4.78, 5) is 33.9. The average Bonchev–Trinajstić information content (AvgIpc) is 3.35. The summed E-state index contributed by atoms with van der Waals surface area (Å²) < 4.78 is 0. The fourth-order valence-electron chi connectivity index (χ4n) is 8.00. The van der Waals surface area contributed by atoms with E-state index in [0.717, 1.165) is 65.6 Å². The van der Waals surface area contributed by atoms with Crippen LogP contribution in [0.5, 0.6) is 0 Å². The lowest BCUT2D eigenvalue weighted by atomic mass is 9.54. The third-order valence-corrected chi connectivity index (χ3v) is 9.67. The molecule has 6 heteroatoms. The smallest absolute Gasteiger partial charge is 0.251 e. The van der Waals surface area contributed by atoms with E-state index in [1.165, 1.54) is 38.5 Å². The Bertz CT molecular complexity index is 1290. The van der Waals surface area contributed by atoms with Crippen molar-refractivity contribution in [1.82, 2.24) is 15.3 Å². The summed E-state index contributed by atoms with van der Waals surface area (Å²) in [6.45, 7) is 0. The predicted molar refractivity (Wildman–Crippen MR) is 145 cm³/mol. The molecular formula is C31H36N4O2. The van der Waals surface area contributed by atoms with E-state index in [0.29, 0.717) is 23.4 Å². The number of carbonyl (C=O) groups excluding carboxylic acids is 2. The highest BCUT2D eigenvalue weighted by Gasteiger charge is 2.48. The molecule has 0 radical (unpaired) electrons. The van der Waals surface area contributed by atoms with E-state index in [-0.39, 0.29) is 17.7 Å². The highest BCUT2D eigenvalue weighted by Crippen LogP contribution is 2.53. The van der Waals surface area contributed by atoms with Gasteiger partial charge in [-0.1, -0.05) is 19.3 Å². The number of amides is 2. The third-order valence-electron chi connectivity index (χ3n) is 9.67. The zero-order chi connectivity index (χ0) is 24.9. The van der Waals surface area contributed by atoms with Gasteiger partial charge in [0.05, 0.1) is 11.0 Å². The Morgan fingerprint density at radius 3 is 2.24 bits per heavy atom. The van der Waals surface area contributed by atoms with Crippen molar-refractivity contribution in [3.05, 3.63) is 48.0 Å². The van der Waals surface area contributed by atoms with Crippen molar-refractivity contribution in [2.75, 3.05) is 5.32 Å². The van der Waals surface area contributed by atoms with E-state index in [1.807, 2.05) is 42.5 Å². The molecule has 0 aliphatic heterocycles.